The molecule has 0 spiro atoms. The zero-order valence-corrected chi connectivity index (χ0v) is 9.55. The molecule has 0 atom stereocenters. The summed E-state index contributed by atoms with van der Waals surface area (Å²) in [6.45, 7) is 2.39. The Morgan fingerprint density at radius 1 is 1.41 bits per heavy atom. The summed E-state index contributed by atoms with van der Waals surface area (Å²) in [5, 5.41) is 9.94. The van der Waals surface area contributed by atoms with E-state index in [2.05, 4.69) is 11.1 Å². The molecule has 0 fully saturated rings. The molecule has 3 nitrogen and oxygen atoms in total. The van der Waals surface area contributed by atoms with E-state index in [1.807, 2.05) is 43.3 Å². The molecule has 1 aromatic heterocycles. The van der Waals surface area contributed by atoms with Crippen LogP contribution in [0.4, 0.5) is 0 Å². The van der Waals surface area contributed by atoms with Crippen molar-refractivity contribution in [1.82, 2.24) is 4.98 Å². The minimum atomic E-state index is 0.465. The molecule has 0 saturated heterocycles. The molecule has 2 rings (SSSR count). The summed E-state index contributed by atoms with van der Waals surface area (Å²) >= 11 is 0. The number of rotatable bonds is 3. The molecule has 0 aliphatic rings. The van der Waals surface area contributed by atoms with Crippen molar-refractivity contribution in [1.29, 1.82) is 5.26 Å². The molecule has 3 heteroatoms. The van der Waals surface area contributed by atoms with Crippen LogP contribution in [0.1, 0.15) is 12.5 Å². The highest BCUT2D eigenvalue weighted by Gasteiger charge is 2.05. The highest BCUT2D eigenvalue weighted by molar-refractivity contribution is 5.85. The van der Waals surface area contributed by atoms with E-state index in [1.165, 1.54) is 0 Å². The molecule has 2 aromatic rings. The maximum absolute atomic E-state index is 9.08. The van der Waals surface area contributed by atoms with Gasteiger partial charge in [-0.15, -0.1) is 0 Å². The predicted molar refractivity (Wildman–Crippen MR) is 66.8 cm³/mol. The third kappa shape index (κ3) is 2.43. The van der Waals surface area contributed by atoms with Gasteiger partial charge in [-0.05, 0) is 13.0 Å². The summed E-state index contributed by atoms with van der Waals surface area (Å²) < 4.78 is 5.45. The van der Waals surface area contributed by atoms with Crippen LogP contribution in [-0.2, 0) is 0 Å². The molecule has 0 saturated carbocycles. The molecule has 0 bridgehead atoms. The normalized spacial score (nSPS) is 10.6. The van der Waals surface area contributed by atoms with Crippen LogP contribution in [0.25, 0.3) is 10.9 Å². The lowest BCUT2D eigenvalue weighted by atomic mass is 10.1. The molecule has 0 aliphatic carbocycles. The molecule has 0 unspecified atom stereocenters. The first-order valence-electron chi connectivity index (χ1n) is 5.39. The first-order chi connectivity index (χ1) is 8.35. The van der Waals surface area contributed by atoms with Gasteiger partial charge in [0.05, 0.1) is 11.1 Å². The lowest BCUT2D eigenvalue weighted by Gasteiger charge is -2.05. The Hall–Kier alpha value is -2.34. The summed E-state index contributed by atoms with van der Waals surface area (Å²) in [6, 6.07) is 11.4. The number of allylic oxidation sites excluding steroid dienone is 1. The van der Waals surface area contributed by atoms with E-state index in [1.54, 1.807) is 6.07 Å². The molecular formula is C14H12N2O. The fourth-order valence-electron chi connectivity index (χ4n) is 1.55. The van der Waals surface area contributed by atoms with E-state index in [-0.39, 0.29) is 0 Å². The van der Waals surface area contributed by atoms with Crippen LogP contribution in [0.15, 0.2) is 42.5 Å². The van der Waals surface area contributed by atoms with Crippen LogP contribution >= 0.6 is 0 Å². The number of aromatic nitrogens is 1. The van der Waals surface area contributed by atoms with Crippen molar-refractivity contribution in [3.05, 3.63) is 48.0 Å². The zero-order chi connectivity index (χ0) is 12.1. The van der Waals surface area contributed by atoms with Gasteiger partial charge in [0, 0.05) is 11.5 Å². The highest BCUT2D eigenvalue weighted by Crippen LogP contribution is 2.21. The largest absolute Gasteiger partial charge is 0.473 e. The van der Waals surface area contributed by atoms with Crippen LogP contribution in [0.5, 0.6) is 5.88 Å². The second-order valence-electron chi connectivity index (χ2n) is 3.52. The van der Waals surface area contributed by atoms with Gasteiger partial charge in [0.15, 0.2) is 0 Å². The molecule has 84 valence electrons. The average molecular weight is 224 g/mol. The van der Waals surface area contributed by atoms with Gasteiger partial charge in [0.2, 0.25) is 5.88 Å². The molecule has 0 aliphatic heterocycles. The smallest absolute Gasteiger partial charge is 0.215 e. The average Bonchev–Trinajstić information content (AvgIpc) is 2.38. The lowest BCUT2D eigenvalue weighted by Crippen LogP contribution is -1.97. The summed E-state index contributed by atoms with van der Waals surface area (Å²) in [7, 11) is 0. The molecule has 17 heavy (non-hydrogen) atoms. The predicted octanol–water partition coefficient (Wildman–Crippen LogP) is 3.06. The summed E-state index contributed by atoms with van der Waals surface area (Å²) in [6.07, 6.45) is 3.80. The summed E-state index contributed by atoms with van der Waals surface area (Å²) in [5.74, 6) is 0.485. The van der Waals surface area contributed by atoms with Gasteiger partial charge in [0.1, 0.15) is 12.7 Å². The van der Waals surface area contributed by atoms with Crippen molar-refractivity contribution in [3.8, 4) is 11.9 Å². The van der Waals surface area contributed by atoms with Crippen molar-refractivity contribution in [3.63, 3.8) is 0 Å². The second-order valence-corrected chi connectivity index (χ2v) is 3.52. The van der Waals surface area contributed by atoms with E-state index in [9.17, 15) is 0 Å². The number of ether oxygens (including phenoxy) is 1. The monoisotopic (exact) mass is 224 g/mol. The van der Waals surface area contributed by atoms with Crippen LogP contribution in [0.2, 0.25) is 0 Å². The van der Waals surface area contributed by atoms with Gasteiger partial charge in [-0.3, -0.25) is 0 Å². The van der Waals surface area contributed by atoms with Crippen molar-refractivity contribution in [2.24, 2.45) is 0 Å². The van der Waals surface area contributed by atoms with Crippen LogP contribution in [0, 0.1) is 11.3 Å². The van der Waals surface area contributed by atoms with Gasteiger partial charge in [-0.25, -0.2) is 4.98 Å². The van der Waals surface area contributed by atoms with Crippen LogP contribution in [-0.4, -0.2) is 11.6 Å². The standard InChI is InChI=1S/C14H12N2O/c1-2-3-8-17-14-9-11(10-15)12-6-4-5-7-13(12)16-14/h2-7,9H,8H2,1H3. The number of benzene rings is 1. The van der Waals surface area contributed by atoms with Crippen molar-refractivity contribution in [2.45, 2.75) is 6.92 Å². The lowest BCUT2D eigenvalue weighted by molar-refractivity contribution is 0.349. The zero-order valence-electron chi connectivity index (χ0n) is 9.55. The quantitative estimate of drug-likeness (QED) is 0.753. The number of hydrogen-bond donors (Lipinski definition) is 0. The molecule has 0 radical (unpaired) electrons. The second kappa shape index (κ2) is 5.13. The number of nitriles is 1. The molecular weight excluding hydrogens is 212 g/mol. The number of para-hydroxylation sites is 1. The molecule has 1 heterocycles. The molecule has 0 N–H and O–H groups in total. The Kier molecular flexibility index (Phi) is 3.37. The number of fused-ring (bicyclic) bond motifs is 1. The third-order valence-corrected chi connectivity index (χ3v) is 2.38. The fourth-order valence-corrected chi connectivity index (χ4v) is 1.55. The Labute approximate surface area is 100.0 Å². The van der Waals surface area contributed by atoms with E-state index >= 15 is 0 Å². The van der Waals surface area contributed by atoms with Gasteiger partial charge in [-0.1, -0.05) is 30.4 Å². The number of hydrogen-bond acceptors (Lipinski definition) is 3. The Bertz CT molecular complexity index is 597. The van der Waals surface area contributed by atoms with E-state index in [4.69, 9.17) is 10.00 Å². The first kappa shape index (κ1) is 11.2. The first-order valence-corrected chi connectivity index (χ1v) is 5.39. The Morgan fingerprint density at radius 3 is 3.00 bits per heavy atom. The maximum atomic E-state index is 9.08. The third-order valence-electron chi connectivity index (χ3n) is 2.38. The SMILES string of the molecule is CC=CCOc1cc(C#N)c2ccccc2n1. The van der Waals surface area contributed by atoms with Gasteiger partial charge in [-0.2, -0.15) is 5.26 Å². The van der Waals surface area contributed by atoms with E-state index in [0.29, 0.717) is 18.1 Å². The Balaban J connectivity index is 2.42. The van der Waals surface area contributed by atoms with Gasteiger partial charge >= 0.3 is 0 Å². The topological polar surface area (TPSA) is 45.9 Å². The number of nitrogens with zero attached hydrogens (tertiary/aromatic N) is 2. The summed E-state index contributed by atoms with van der Waals surface area (Å²) in [5.41, 5.74) is 1.37. The maximum Gasteiger partial charge on any atom is 0.215 e. The highest BCUT2D eigenvalue weighted by atomic mass is 16.5. The fraction of sp³-hybridized carbons (Fsp3) is 0.143. The molecule has 0 amide bonds. The minimum absolute atomic E-state index is 0.465. The molecule has 1 aromatic carbocycles. The van der Waals surface area contributed by atoms with E-state index in [0.717, 1.165) is 10.9 Å². The van der Waals surface area contributed by atoms with E-state index < -0.39 is 0 Å². The minimum Gasteiger partial charge on any atom is -0.473 e. The van der Waals surface area contributed by atoms with Crippen molar-refractivity contribution in [2.75, 3.05) is 6.61 Å². The van der Waals surface area contributed by atoms with Crippen LogP contribution in [0.3, 0.4) is 0 Å². The number of pyridine rings is 1. The Morgan fingerprint density at radius 2 is 2.24 bits per heavy atom. The summed E-state index contributed by atoms with van der Waals surface area (Å²) in [4.78, 5) is 4.35. The van der Waals surface area contributed by atoms with Gasteiger partial charge in [0.25, 0.3) is 0 Å². The van der Waals surface area contributed by atoms with Crippen molar-refractivity contribution >= 4 is 10.9 Å². The van der Waals surface area contributed by atoms with Gasteiger partial charge < -0.3 is 4.74 Å². The van der Waals surface area contributed by atoms with Crippen molar-refractivity contribution < 1.29 is 4.74 Å². The van der Waals surface area contributed by atoms with Crippen LogP contribution < -0.4 is 4.74 Å².